The first kappa shape index (κ1) is 16.7. The summed E-state index contributed by atoms with van der Waals surface area (Å²) in [6, 6.07) is 3.81. The van der Waals surface area contributed by atoms with Crippen LogP contribution in [0.15, 0.2) is 12.1 Å². The maximum Gasteiger partial charge on any atom is 0.141 e. The van der Waals surface area contributed by atoms with Crippen molar-refractivity contribution in [2.24, 2.45) is 0 Å². The molecule has 0 saturated heterocycles. The predicted molar refractivity (Wildman–Crippen MR) is 84.8 cm³/mol. The zero-order chi connectivity index (χ0) is 14.8. The van der Waals surface area contributed by atoms with Crippen molar-refractivity contribution < 1.29 is 9.47 Å². The molecule has 3 heteroatoms. The summed E-state index contributed by atoms with van der Waals surface area (Å²) in [6.45, 7) is 7.26. The van der Waals surface area contributed by atoms with Gasteiger partial charge < -0.3 is 9.47 Å². The van der Waals surface area contributed by atoms with Gasteiger partial charge in [-0.2, -0.15) is 0 Å². The molecule has 1 rings (SSSR count). The smallest absolute Gasteiger partial charge is 0.141 e. The zero-order valence-corrected chi connectivity index (χ0v) is 13.3. The minimum absolute atomic E-state index is 0.590. The molecule has 0 spiro atoms. The fraction of sp³-hybridized carbons (Fsp3) is 0.529. The van der Waals surface area contributed by atoms with Gasteiger partial charge in [-0.3, -0.25) is 0 Å². The van der Waals surface area contributed by atoms with Crippen molar-refractivity contribution in [3.8, 4) is 23.3 Å². The molecule has 0 unspecified atom stereocenters. The van der Waals surface area contributed by atoms with Crippen LogP contribution in [0.3, 0.4) is 0 Å². The molecule has 20 heavy (non-hydrogen) atoms. The van der Waals surface area contributed by atoms with Crippen LogP contribution in [0.1, 0.15) is 45.6 Å². The number of hydrogen-bond donors (Lipinski definition) is 0. The lowest BCUT2D eigenvalue weighted by Crippen LogP contribution is -2.00. The monoisotopic (exact) mass is 294 g/mol. The molecule has 0 radical (unpaired) electrons. The van der Waals surface area contributed by atoms with Gasteiger partial charge >= 0.3 is 0 Å². The van der Waals surface area contributed by atoms with E-state index in [1.807, 2.05) is 26.0 Å². The molecule has 0 bridgehead atoms. The van der Waals surface area contributed by atoms with Gasteiger partial charge in [-0.25, -0.2) is 0 Å². The molecule has 0 aliphatic carbocycles. The van der Waals surface area contributed by atoms with E-state index in [9.17, 15) is 0 Å². The third-order valence-corrected chi connectivity index (χ3v) is 3.03. The van der Waals surface area contributed by atoms with Gasteiger partial charge in [-0.1, -0.05) is 18.5 Å². The van der Waals surface area contributed by atoms with Crippen molar-refractivity contribution >= 4 is 11.6 Å². The molecular weight excluding hydrogens is 272 g/mol. The van der Waals surface area contributed by atoms with E-state index in [1.54, 1.807) is 0 Å². The molecule has 0 amide bonds. The minimum atomic E-state index is 0.590. The van der Waals surface area contributed by atoms with Crippen LogP contribution < -0.4 is 9.47 Å². The van der Waals surface area contributed by atoms with Crippen LogP contribution in [0, 0.1) is 11.8 Å². The normalized spacial score (nSPS) is 9.80. The Kier molecular flexibility index (Phi) is 7.99. The van der Waals surface area contributed by atoms with Gasteiger partial charge in [-0.05, 0) is 38.3 Å². The lowest BCUT2D eigenvalue weighted by atomic mass is 10.1. The molecule has 0 fully saturated rings. The lowest BCUT2D eigenvalue weighted by molar-refractivity contribution is 0.321. The Balaban J connectivity index is 2.82. The van der Waals surface area contributed by atoms with Crippen LogP contribution in [-0.4, -0.2) is 13.2 Å². The average Bonchev–Trinajstić information content (AvgIpc) is 2.43. The quantitative estimate of drug-likeness (QED) is 0.668. The summed E-state index contributed by atoms with van der Waals surface area (Å²) in [5, 5.41) is 0.631. The van der Waals surface area contributed by atoms with Gasteiger partial charge in [-0.15, -0.1) is 11.8 Å². The number of aryl methyl sites for hydroxylation is 1. The molecule has 1 aromatic carbocycles. The Morgan fingerprint density at radius 3 is 2.25 bits per heavy atom. The third-order valence-electron chi connectivity index (χ3n) is 2.73. The zero-order valence-electron chi connectivity index (χ0n) is 12.6. The lowest BCUT2D eigenvalue weighted by Gasteiger charge is -2.13. The van der Waals surface area contributed by atoms with Gasteiger partial charge in [0.25, 0.3) is 0 Å². The molecule has 0 heterocycles. The van der Waals surface area contributed by atoms with Crippen molar-refractivity contribution in [1.29, 1.82) is 0 Å². The summed E-state index contributed by atoms with van der Waals surface area (Å²) in [7, 11) is 0. The maximum absolute atomic E-state index is 6.23. The maximum atomic E-state index is 6.23. The molecule has 0 atom stereocenters. The Morgan fingerprint density at radius 2 is 1.60 bits per heavy atom. The van der Waals surface area contributed by atoms with Crippen LogP contribution in [0.5, 0.6) is 11.5 Å². The number of ether oxygens (including phenoxy) is 2. The number of rotatable bonds is 7. The van der Waals surface area contributed by atoms with Gasteiger partial charge in [0.1, 0.15) is 11.5 Å². The van der Waals surface area contributed by atoms with Gasteiger partial charge in [0.05, 0.1) is 18.2 Å². The standard InChI is InChI=1S/C17H23ClO2/c1-4-7-8-9-10-11-14-12-15(18)17(20-6-3)13-16(14)19-5-2/h12-13H,4-7,10-11H2,1-3H3. The molecular formula is C17H23ClO2. The second-order valence-corrected chi connectivity index (χ2v) is 4.77. The van der Waals surface area contributed by atoms with Crippen LogP contribution >= 0.6 is 11.6 Å². The first-order valence-corrected chi connectivity index (χ1v) is 7.64. The van der Waals surface area contributed by atoms with Crippen molar-refractivity contribution in [2.45, 2.75) is 46.5 Å². The summed E-state index contributed by atoms with van der Waals surface area (Å²) in [5.74, 6) is 7.86. The van der Waals surface area contributed by atoms with Crippen molar-refractivity contribution in [2.75, 3.05) is 13.2 Å². The highest BCUT2D eigenvalue weighted by Crippen LogP contribution is 2.33. The first-order chi connectivity index (χ1) is 9.72. The highest BCUT2D eigenvalue weighted by molar-refractivity contribution is 6.32. The van der Waals surface area contributed by atoms with E-state index in [-0.39, 0.29) is 0 Å². The Bertz CT molecular complexity index is 472. The highest BCUT2D eigenvalue weighted by Gasteiger charge is 2.10. The fourth-order valence-corrected chi connectivity index (χ4v) is 2.07. The van der Waals surface area contributed by atoms with E-state index in [0.717, 1.165) is 37.0 Å². The largest absolute Gasteiger partial charge is 0.493 e. The summed E-state index contributed by atoms with van der Waals surface area (Å²) >= 11 is 6.23. The molecule has 0 aromatic heterocycles. The molecule has 1 aromatic rings. The number of unbranched alkanes of at least 4 members (excludes halogenated alkanes) is 1. The van der Waals surface area contributed by atoms with Gasteiger partial charge in [0.15, 0.2) is 0 Å². The number of benzene rings is 1. The first-order valence-electron chi connectivity index (χ1n) is 7.26. The van der Waals surface area contributed by atoms with E-state index in [2.05, 4.69) is 18.8 Å². The van der Waals surface area contributed by atoms with Crippen LogP contribution in [-0.2, 0) is 6.42 Å². The highest BCUT2D eigenvalue weighted by atomic mass is 35.5. The average molecular weight is 295 g/mol. The van der Waals surface area contributed by atoms with Crippen molar-refractivity contribution in [1.82, 2.24) is 0 Å². The number of halogens is 1. The number of hydrogen-bond acceptors (Lipinski definition) is 2. The molecule has 0 saturated carbocycles. The summed E-state index contributed by atoms with van der Waals surface area (Å²) in [6.07, 6.45) is 3.73. The third kappa shape index (κ3) is 5.35. The SMILES string of the molecule is CCCC#CCCc1cc(Cl)c(OCC)cc1OCC. The van der Waals surface area contributed by atoms with E-state index in [4.69, 9.17) is 21.1 Å². The molecule has 2 nitrogen and oxygen atoms in total. The molecule has 0 aliphatic heterocycles. The van der Waals surface area contributed by atoms with Crippen LogP contribution in [0.25, 0.3) is 0 Å². The Hall–Kier alpha value is -1.33. The Labute approximate surface area is 127 Å². The van der Waals surface area contributed by atoms with E-state index in [0.29, 0.717) is 24.0 Å². The summed E-state index contributed by atoms with van der Waals surface area (Å²) in [4.78, 5) is 0. The van der Waals surface area contributed by atoms with Crippen LogP contribution in [0.4, 0.5) is 0 Å². The predicted octanol–water partition coefficient (Wildman–Crippen LogP) is 4.87. The second kappa shape index (κ2) is 9.55. The second-order valence-electron chi connectivity index (χ2n) is 4.36. The molecule has 110 valence electrons. The van der Waals surface area contributed by atoms with E-state index in [1.165, 1.54) is 0 Å². The Morgan fingerprint density at radius 1 is 0.950 bits per heavy atom. The van der Waals surface area contributed by atoms with E-state index >= 15 is 0 Å². The van der Waals surface area contributed by atoms with Crippen LogP contribution in [0.2, 0.25) is 5.02 Å². The van der Waals surface area contributed by atoms with Gasteiger partial charge in [0.2, 0.25) is 0 Å². The topological polar surface area (TPSA) is 18.5 Å². The van der Waals surface area contributed by atoms with Crippen molar-refractivity contribution in [3.05, 3.63) is 22.7 Å². The van der Waals surface area contributed by atoms with Gasteiger partial charge in [0, 0.05) is 18.9 Å². The van der Waals surface area contributed by atoms with E-state index < -0.39 is 0 Å². The molecule has 0 N–H and O–H groups in total. The fourth-order valence-electron chi connectivity index (χ4n) is 1.83. The molecule has 0 aliphatic rings. The van der Waals surface area contributed by atoms with Crippen molar-refractivity contribution in [3.63, 3.8) is 0 Å². The summed E-state index contributed by atoms with van der Waals surface area (Å²) < 4.78 is 11.2. The summed E-state index contributed by atoms with van der Waals surface area (Å²) in [5.41, 5.74) is 1.09. The minimum Gasteiger partial charge on any atom is -0.493 e.